The predicted molar refractivity (Wildman–Crippen MR) is 89.3 cm³/mol. The van der Waals surface area contributed by atoms with Crippen molar-refractivity contribution in [1.29, 1.82) is 0 Å². The van der Waals surface area contributed by atoms with Gasteiger partial charge in [-0.2, -0.15) is 0 Å². The van der Waals surface area contributed by atoms with E-state index in [-0.39, 0.29) is 35.2 Å². The Balaban J connectivity index is 2.04. The van der Waals surface area contributed by atoms with Crippen molar-refractivity contribution < 1.29 is 27.8 Å². The number of hydrogen-bond donors (Lipinski definition) is 2. The van der Waals surface area contributed by atoms with E-state index >= 15 is 0 Å². The number of aromatic carboxylic acids is 1. The van der Waals surface area contributed by atoms with Gasteiger partial charge in [0.05, 0.1) is 4.90 Å². The first kappa shape index (κ1) is 16.6. The van der Waals surface area contributed by atoms with Crippen molar-refractivity contribution in [3.8, 4) is 11.5 Å². The van der Waals surface area contributed by atoms with Crippen molar-refractivity contribution >= 4 is 37.6 Å². The molecule has 0 aromatic heterocycles. The summed E-state index contributed by atoms with van der Waals surface area (Å²) in [4.78, 5) is 11.2. The Morgan fingerprint density at radius 3 is 2.62 bits per heavy atom. The molecule has 0 aliphatic carbocycles. The fraction of sp³-hybridized carbons (Fsp3) is 0.133. The number of benzene rings is 2. The average Bonchev–Trinajstić information content (AvgIpc) is 2.53. The van der Waals surface area contributed by atoms with Crippen LogP contribution >= 0.6 is 15.9 Å². The maximum absolute atomic E-state index is 12.6. The first-order valence-corrected chi connectivity index (χ1v) is 9.10. The molecule has 0 saturated heterocycles. The molecule has 2 N–H and O–H groups in total. The van der Waals surface area contributed by atoms with E-state index in [1.165, 1.54) is 6.07 Å². The van der Waals surface area contributed by atoms with Crippen LogP contribution in [0.2, 0.25) is 0 Å². The van der Waals surface area contributed by atoms with E-state index in [2.05, 4.69) is 20.7 Å². The Bertz CT molecular complexity index is 912. The zero-order chi connectivity index (χ0) is 17.3. The van der Waals surface area contributed by atoms with E-state index in [1.807, 2.05) is 0 Å². The molecule has 126 valence electrons. The summed E-state index contributed by atoms with van der Waals surface area (Å²) in [5.41, 5.74) is 0.0814. The van der Waals surface area contributed by atoms with E-state index in [0.717, 1.165) is 6.07 Å². The van der Waals surface area contributed by atoms with E-state index in [1.54, 1.807) is 24.3 Å². The number of ether oxygens (including phenoxy) is 2. The molecular formula is C15H12BrNO6S. The van der Waals surface area contributed by atoms with Crippen LogP contribution < -0.4 is 14.2 Å². The number of carbonyl (C=O) groups is 1. The van der Waals surface area contributed by atoms with E-state index in [4.69, 9.17) is 9.47 Å². The standard InChI is InChI=1S/C15H12BrNO6S/c16-9-2-1-3-10(6-9)17-24(20,21)11-7-12(15(18)19)14-13(8-11)22-4-5-23-14/h1-3,6-8,17H,4-5H2,(H,18,19). The van der Waals surface area contributed by atoms with Crippen LogP contribution in [-0.4, -0.2) is 32.7 Å². The monoisotopic (exact) mass is 413 g/mol. The average molecular weight is 414 g/mol. The van der Waals surface area contributed by atoms with Crippen LogP contribution in [-0.2, 0) is 10.0 Å². The lowest BCUT2D eigenvalue weighted by Crippen LogP contribution is -2.20. The van der Waals surface area contributed by atoms with Crippen LogP contribution in [0.1, 0.15) is 10.4 Å². The van der Waals surface area contributed by atoms with Gasteiger partial charge in [0.25, 0.3) is 10.0 Å². The second-order valence-electron chi connectivity index (χ2n) is 4.92. The van der Waals surface area contributed by atoms with Crippen LogP contribution in [0, 0.1) is 0 Å². The van der Waals surface area contributed by atoms with Gasteiger partial charge in [0, 0.05) is 16.2 Å². The molecule has 0 bridgehead atoms. The Hall–Kier alpha value is -2.26. The molecule has 0 unspecified atom stereocenters. The SMILES string of the molecule is O=C(O)c1cc(S(=O)(=O)Nc2cccc(Br)c2)cc2c1OCCO2. The fourth-order valence-corrected chi connectivity index (χ4v) is 3.70. The van der Waals surface area contributed by atoms with Gasteiger partial charge in [0.2, 0.25) is 0 Å². The number of fused-ring (bicyclic) bond motifs is 1. The minimum Gasteiger partial charge on any atom is -0.486 e. The summed E-state index contributed by atoms with van der Waals surface area (Å²) in [5, 5.41) is 9.30. The quantitative estimate of drug-likeness (QED) is 0.798. The van der Waals surface area contributed by atoms with Crippen molar-refractivity contribution in [3.05, 3.63) is 46.4 Å². The van der Waals surface area contributed by atoms with Crippen LogP contribution in [0.3, 0.4) is 0 Å². The molecule has 1 heterocycles. The number of hydrogen-bond acceptors (Lipinski definition) is 5. The highest BCUT2D eigenvalue weighted by molar-refractivity contribution is 9.10. The van der Waals surface area contributed by atoms with Gasteiger partial charge >= 0.3 is 5.97 Å². The molecule has 1 aliphatic rings. The summed E-state index contributed by atoms with van der Waals surface area (Å²) in [6.45, 7) is 0.421. The number of carboxylic acid groups (broad SMARTS) is 1. The molecule has 9 heteroatoms. The minimum absolute atomic E-state index is 0.0372. The van der Waals surface area contributed by atoms with Gasteiger partial charge in [-0.05, 0) is 24.3 Å². The number of halogens is 1. The summed E-state index contributed by atoms with van der Waals surface area (Å²) in [7, 11) is -3.99. The van der Waals surface area contributed by atoms with Crippen molar-refractivity contribution in [2.75, 3.05) is 17.9 Å². The summed E-state index contributed by atoms with van der Waals surface area (Å²) >= 11 is 3.26. The highest BCUT2D eigenvalue weighted by atomic mass is 79.9. The van der Waals surface area contributed by atoms with Crippen LogP contribution in [0.15, 0.2) is 45.8 Å². The minimum atomic E-state index is -3.99. The molecule has 2 aromatic carbocycles. The van der Waals surface area contributed by atoms with Gasteiger partial charge in [-0.1, -0.05) is 22.0 Å². The second-order valence-corrected chi connectivity index (χ2v) is 7.51. The molecule has 0 fully saturated rings. The number of rotatable bonds is 4. The fourth-order valence-electron chi connectivity index (χ4n) is 2.21. The highest BCUT2D eigenvalue weighted by Crippen LogP contribution is 2.37. The molecule has 0 spiro atoms. The van der Waals surface area contributed by atoms with E-state index < -0.39 is 16.0 Å². The third-order valence-corrected chi connectivity index (χ3v) is 5.09. The molecule has 7 nitrogen and oxygen atoms in total. The summed E-state index contributed by atoms with van der Waals surface area (Å²) in [6.07, 6.45) is 0. The van der Waals surface area contributed by atoms with Crippen LogP contribution in [0.25, 0.3) is 0 Å². The lowest BCUT2D eigenvalue weighted by molar-refractivity contribution is 0.0685. The van der Waals surface area contributed by atoms with Gasteiger partial charge in [-0.15, -0.1) is 0 Å². The normalized spacial score (nSPS) is 13.4. The molecule has 1 aliphatic heterocycles. The van der Waals surface area contributed by atoms with Crippen LogP contribution in [0.5, 0.6) is 11.5 Å². The molecule has 0 amide bonds. The maximum atomic E-state index is 12.6. The highest BCUT2D eigenvalue weighted by Gasteiger charge is 2.26. The van der Waals surface area contributed by atoms with Gasteiger partial charge in [0.15, 0.2) is 11.5 Å². The molecule has 24 heavy (non-hydrogen) atoms. The van der Waals surface area contributed by atoms with Crippen molar-refractivity contribution in [1.82, 2.24) is 0 Å². The number of carboxylic acids is 1. The Kier molecular flexibility index (Phi) is 4.37. The molecule has 0 atom stereocenters. The third kappa shape index (κ3) is 3.31. The topological polar surface area (TPSA) is 102 Å². The largest absolute Gasteiger partial charge is 0.486 e. The number of anilines is 1. The van der Waals surface area contributed by atoms with E-state index in [9.17, 15) is 18.3 Å². The Morgan fingerprint density at radius 2 is 1.92 bits per heavy atom. The molecule has 0 radical (unpaired) electrons. The first-order valence-electron chi connectivity index (χ1n) is 6.82. The smallest absolute Gasteiger partial charge is 0.339 e. The molecule has 2 aromatic rings. The number of sulfonamides is 1. The van der Waals surface area contributed by atoms with Gasteiger partial charge in [-0.25, -0.2) is 13.2 Å². The first-order chi connectivity index (χ1) is 11.4. The Morgan fingerprint density at radius 1 is 1.17 bits per heavy atom. The number of nitrogens with one attached hydrogen (secondary N) is 1. The zero-order valence-corrected chi connectivity index (χ0v) is 14.6. The van der Waals surface area contributed by atoms with Crippen LogP contribution in [0.4, 0.5) is 5.69 Å². The lowest BCUT2D eigenvalue weighted by atomic mass is 10.2. The second kappa shape index (κ2) is 6.33. The third-order valence-electron chi connectivity index (χ3n) is 3.23. The molecular weight excluding hydrogens is 402 g/mol. The predicted octanol–water partition coefficient (Wildman–Crippen LogP) is 2.72. The molecule has 0 saturated carbocycles. The molecule has 3 rings (SSSR count). The van der Waals surface area contributed by atoms with Crippen molar-refractivity contribution in [2.24, 2.45) is 0 Å². The summed E-state index contributed by atoms with van der Waals surface area (Å²) in [5.74, 6) is -1.16. The van der Waals surface area contributed by atoms with E-state index in [0.29, 0.717) is 10.2 Å². The lowest BCUT2D eigenvalue weighted by Gasteiger charge is -2.21. The summed E-state index contributed by atoms with van der Waals surface area (Å²) in [6, 6.07) is 8.91. The maximum Gasteiger partial charge on any atom is 0.339 e. The summed E-state index contributed by atoms with van der Waals surface area (Å²) < 4.78 is 38.8. The van der Waals surface area contributed by atoms with Gasteiger partial charge in [-0.3, -0.25) is 4.72 Å². The van der Waals surface area contributed by atoms with Gasteiger partial charge in [0.1, 0.15) is 18.8 Å². The van der Waals surface area contributed by atoms with Crippen molar-refractivity contribution in [2.45, 2.75) is 4.90 Å². The van der Waals surface area contributed by atoms with Crippen molar-refractivity contribution in [3.63, 3.8) is 0 Å². The Labute approximate surface area is 146 Å². The zero-order valence-electron chi connectivity index (χ0n) is 12.2. The van der Waals surface area contributed by atoms with Gasteiger partial charge < -0.3 is 14.6 Å².